The molecule has 0 saturated carbocycles. The van der Waals surface area contributed by atoms with Crippen LogP contribution in [0.1, 0.15) is 24.0 Å². The maximum absolute atomic E-state index is 12.0. The third-order valence-electron chi connectivity index (χ3n) is 4.49. The Morgan fingerprint density at radius 2 is 1.84 bits per heavy atom. The number of aliphatic hydroxyl groups is 1. The molecule has 1 amide bonds. The van der Waals surface area contributed by atoms with Crippen LogP contribution in [0, 0.1) is 0 Å². The van der Waals surface area contributed by atoms with Crippen LogP contribution in [0.25, 0.3) is 0 Å². The van der Waals surface area contributed by atoms with Crippen molar-refractivity contribution < 1.29 is 9.90 Å². The van der Waals surface area contributed by atoms with Gasteiger partial charge in [0.2, 0.25) is 5.91 Å². The number of hydrogen-bond acceptors (Lipinski definition) is 5. The molecule has 0 aliphatic carbocycles. The largest absolute Gasteiger partial charge is 0.393 e. The standard InChI is InChI=1S/C17H25N3O2S.2ClH/c21-15-5-7-20(8-6-15)10-14-3-1-13(2-4-14)9-18-17(22)16-11-23-12-19-16;;/h1-4,15-16,19,21H,5-12H2,(H,18,22);2*1H. The van der Waals surface area contributed by atoms with Gasteiger partial charge in [-0.1, -0.05) is 24.3 Å². The Hall–Kier alpha value is -0.500. The summed E-state index contributed by atoms with van der Waals surface area (Å²) in [4.78, 5) is 14.3. The van der Waals surface area contributed by atoms with E-state index in [2.05, 4.69) is 39.8 Å². The lowest BCUT2D eigenvalue weighted by molar-refractivity contribution is -0.122. The quantitative estimate of drug-likeness (QED) is 0.693. The van der Waals surface area contributed by atoms with Crippen molar-refractivity contribution in [3.8, 4) is 0 Å². The van der Waals surface area contributed by atoms with Gasteiger partial charge in [-0.3, -0.25) is 15.0 Å². The number of hydrogen-bond donors (Lipinski definition) is 3. The Morgan fingerprint density at radius 3 is 2.44 bits per heavy atom. The molecule has 0 spiro atoms. The third-order valence-corrected chi connectivity index (χ3v) is 5.43. The van der Waals surface area contributed by atoms with Crippen LogP contribution in [0.5, 0.6) is 0 Å². The van der Waals surface area contributed by atoms with E-state index < -0.39 is 0 Å². The predicted octanol–water partition coefficient (Wildman–Crippen LogP) is 1.77. The lowest BCUT2D eigenvalue weighted by Gasteiger charge is -2.29. The van der Waals surface area contributed by atoms with Crippen molar-refractivity contribution in [2.24, 2.45) is 0 Å². The molecule has 3 rings (SSSR count). The minimum Gasteiger partial charge on any atom is -0.393 e. The van der Waals surface area contributed by atoms with Crippen molar-refractivity contribution in [3.63, 3.8) is 0 Å². The first-order valence-electron chi connectivity index (χ1n) is 8.28. The molecular weight excluding hydrogens is 381 g/mol. The fraction of sp³-hybridized carbons (Fsp3) is 0.588. The van der Waals surface area contributed by atoms with Gasteiger partial charge in [0.15, 0.2) is 0 Å². The van der Waals surface area contributed by atoms with Crippen molar-refractivity contribution in [1.29, 1.82) is 0 Å². The van der Waals surface area contributed by atoms with E-state index in [0.717, 1.165) is 49.7 Å². The van der Waals surface area contributed by atoms with Gasteiger partial charge in [0, 0.05) is 37.8 Å². The highest BCUT2D eigenvalue weighted by molar-refractivity contribution is 7.99. The minimum absolute atomic E-state index is 0. The summed E-state index contributed by atoms with van der Waals surface area (Å²) in [7, 11) is 0. The second kappa shape index (κ2) is 11.3. The molecule has 5 nitrogen and oxygen atoms in total. The highest BCUT2D eigenvalue weighted by atomic mass is 35.5. The number of aliphatic hydroxyl groups excluding tert-OH is 1. The van der Waals surface area contributed by atoms with Gasteiger partial charge in [0.25, 0.3) is 0 Å². The number of rotatable bonds is 5. The van der Waals surface area contributed by atoms with Gasteiger partial charge in [-0.2, -0.15) is 0 Å². The summed E-state index contributed by atoms with van der Waals surface area (Å²) >= 11 is 1.76. The Kier molecular flexibility index (Phi) is 10.2. The zero-order chi connectivity index (χ0) is 16.1. The molecule has 3 N–H and O–H groups in total. The number of thioether (sulfide) groups is 1. The predicted molar refractivity (Wildman–Crippen MR) is 108 cm³/mol. The average Bonchev–Trinajstić information content (AvgIpc) is 3.11. The SMILES string of the molecule is Cl.Cl.O=C(NCc1ccc(CN2CCC(O)CC2)cc1)C1CSCN1. The van der Waals surface area contributed by atoms with Gasteiger partial charge in [-0.15, -0.1) is 36.6 Å². The number of halogens is 2. The fourth-order valence-corrected chi connectivity index (χ4v) is 3.92. The molecule has 0 aromatic heterocycles. The first kappa shape index (κ1) is 22.5. The van der Waals surface area contributed by atoms with E-state index >= 15 is 0 Å². The van der Waals surface area contributed by atoms with Crippen LogP contribution in [0.15, 0.2) is 24.3 Å². The lowest BCUT2D eigenvalue weighted by atomic mass is 10.1. The van der Waals surface area contributed by atoms with Crippen LogP contribution < -0.4 is 10.6 Å². The number of likely N-dealkylation sites (tertiary alicyclic amines) is 1. The van der Waals surface area contributed by atoms with E-state index in [0.29, 0.717) is 6.54 Å². The normalized spacial score (nSPS) is 21.2. The van der Waals surface area contributed by atoms with Crippen LogP contribution in [-0.4, -0.2) is 52.8 Å². The van der Waals surface area contributed by atoms with Crippen molar-refractivity contribution in [1.82, 2.24) is 15.5 Å². The highest BCUT2D eigenvalue weighted by Crippen LogP contribution is 2.14. The van der Waals surface area contributed by atoms with Gasteiger partial charge in [-0.05, 0) is 24.0 Å². The summed E-state index contributed by atoms with van der Waals surface area (Å²) in [6.07, 6.45) is 1.62. The highest BCUT2D eigenvalue weighted by Gasteiger charge is 2.22. The number of nitrogens with one attached hydrogen (secondary N) is 2. The molecule has 2 heterocycles. The van der Waals surface area contributed by atoms with Crippen LogP contribution in [0.2, 0.25) is 0 Å². The topological polar surface area (TPSA) is 64.6 Å². The zero-order valence-corrected chi connectivity index (χ0v) is 16.6. The fourth-order valence-electron chi connectivity index (χ4n) is 2.97. The molecule has 8 heteroatoms. The smallest absolute Gasteiger partial charge is 0.238 e. The summed E-state index contributed by atoms with van der Waals surface area (Å²) < 4.78 is 0. The Bertz CT molecular complexity index is 519. The molecule has 1 aromatic carbocycles. The maximum Gasteiger partial charge on any atom is 0.238 e. The molecule has 1 aromatic rings. The number of carbonyl (C=O) groups is 1. The Balaban J connectivity index is 0.00000156. The first-order valence-corrected chi connectivity index (χ1v) is 9.43. The summed E-state index contributed by atoms with van der Waals surface area (Å²) in [5.74, 6) is 1.81. The van der Waals surface area contributed by atoms with Crippen LogP contribution in [-0.2, 0) is 17.9 Å². The molecule has 2 aliphatic rings. The maximum atomic E-state index is 12.0. The number of amides is 1. The molecule has 1 unspecified atom stereocenters. The molecule has 25 heavy (non-hydrogen) atoms. The van der Waals surface area contributed by atoms with E-state index in [-0.39, 0.29) is 42.9 Å². The molecule has 2 aliphatic heterocycles. The number of benzene rings is 1. The third kappa shape index (κ3) is 6.96. The van der Waals surface area contributed by atoms with E-state index in [1.165, 1.54) is 5.56 Å². The van der Waals surface area contributed by atoms with E-state index in [1.807, 2.05) is 0 Å². The molecule has 1 atom stereocenters. The van der Waals surface area contributed by atoms with E-state index in [1.54, 1.807) is 11.8 Å². The van der Waals surface area contributed by atoms with Gasteiger partial charge in [-0.25, -0.2) is 0 Å². The van der Waals surface area contributed by atoms with Crippen LogP contribution >= 0.6 is 36.6 Å². The van der Waals surface area contributed by atoms with E-state index in [9.17, 15) is 9.90 Å². The molecule has 2 fully saturated rings. The van der Waals surface area contributed by atoms with Gasteiger partial charge in [0.1, 0.15) is 0 Å². The van der Waals surface area contributed by atoms with Crippen molar-refractivity contribution >= 4 is 42.5 Å². The summed E-state index contributed by atoms with van der Waals surface area (Å²) in [6.45, 7) is 3.44. The minimum atomic E-state index is -0.120. The summed E-state index contributed by atoms with van der Waals surface area (Å²) in [5, 5.41) is 15.7. The molecule has 2 saturated heterocycles. The average molecular weight is 408 g/mol. The number of nitrogens with zero attached hydrogens (tertiary/aromatic N) is 1. The Labute approximate surface area is 166 Å². The van der Waals surface area contributed by atoms with Crippen LogP contribution in [0.3, 0.4) is 0 Å². The summed E-state index contributed by atoms with van der Waals surface area (Å²) in [6, 6.07) is 8.40. The van der Waals surface area contributed by atoms with E-state index in [4.69, 9.17) is 0 Å². The first-order chi connectivity index (χ1) is 11.2. The van der Waals surface area contributed by atoms with Gasteiger partial charge < -0.3 is 10.4 Å². The molecular formula is C17H27Cl2N3O2S. The molecule has 142 valence electrons. The molecule has 0 bridgehead atoms. The van der Waals surface area contributed by atoms with Crippen molar-refractivity contribution in [2.45, 2.75) is 38.1 Å². The van der Waals surface area contributed by atoms with Crippen molar-refractivity contribution in [3.05, 3.63) is 35.4 Å². The summed E-state index contributed by atoms with van der Waals surface area (Å²) in [5.41, 5.74) is 2.41. The zero-order valence-electron chi connectivity index (χ0n) is 14.1. The van der Waals surface area contributed by atoms with Crippen LogP contribution in [0.4, 0.5) is 0 Å². The second-order valence-corrected chi connectivity index (χ2v) is 7.34. The molecule has 0 radical (unpaired) electrons. The van der Waals surface area contributed by atoms with Gasteiger partial charge in [0.05, 0.1) is 12.1 Å². The Morgan fingerprint density at radius 1 is 1.20 bits per heavy atom. The van der Waals surface area contributed by atoms with Crippen molar-refractivity contribution in [2.75, 3.05) is 24.7 Å². The second-order valence-electron chi connectivity index (χ2n) is 6.31. The number of piperidine rings is 1. The lowest BCUT2D eigenvalue weighted by Crippen LogP contribution is -2.41. The monoisotopic (exact) mass is 407 g/mol. The van der Waals surface area contributed by atoms with Gasteiger partial charge >= 0.3 is 0 Å². The number of carbonyl (C=O) groups excluding carboxylic acids is 1.